The quantitative estimate of drug-likeness (QED) is 0.449. The number of aromatic nitrogens is 2. The van der Waals surface area contributed by atoms with Crippen LogP contribution in [0.5, 0.6) is 17.2 Å². The van der Waals surface area contributed by atoms with Gasteiger partial charge >= 0.3 is 5.97 Å². The third-order valence-corrected chi connectivity index (χ3v) is 6.70. The maximum absolute atomic E-state index is 12.3. The number of hydrogen-bond donors (Lipinski definition) is 1. The van der Waals surface area contributed by atoms with E-state index in [4.69, 9.17) is 30.8 Å². The average molecular weight is 475 g/mol. The van der Waals surface area contributed by atoms with Gasteiger partial charge in [0, 0.05) is 21.9 Å². The minimum atomic E-state index is -1.04. The minimum absolute atomic E-state index is 0.0612. The van der Waals surface area contributed by atoms with Crippen molar-refractivity contribution in [2.45, 2.75) is 42.7 Å². The molecule has 1 aliphatic rings. The van der Waals surface area contributed by atoms with Crippen LogP contribution in [0.3, 0.4) is 0 Å². The van der Waals surface area contributed by atoms with Crippen molar-refractivity contribution in [1.82, 2.24) is 9.55 Å². The van der Waals surface area contributed by atoms with Crippen LogP contribution in [-0.4, -0.2) is 34.5 Å². The van der Waals surface area contributed by atoms with E-state index in [1.54, 1.807) is 23.8 Å². The van der Waals surface area contributed by atoms with Crippen molar-refractivity contribution < 1.29 is 24.1 Å². The molecule has 0 saturated carbocycles. The van der Waals surface area contributed by atoms with Crippen molar-refractivity contribution in [1.29, 1.82) is 0 Å². The fourth-order valence-electron chi connectivity index (χ4n) is 3.45. The van der Waals surface area contributed by atoms with Gasteiger partial charge in [-0.25, -0.2) is 9.78 Å². The maximum atomic E-state index is 12.3. The summed E-state index contributed by atoms with van der Waals surface area (Å²) in [5.74, 6) is 1.64. The number of carboxylic acids is 1. The number of carbonyl (C=O) groups is 1. The molecule has 32 heavy (non-hydrogen) atoms. The molecule has 4 rings (SSSR count). The largest absolute Gasteiger partial charge is 0.497 e. The Hall–Kier alpha value is -2.84. The number of ether oxygens (including phenoxy) is 3. The number of halogens is 1. The van der Waals surface area contributed by atoms with E-state index < -0.39 is 5.97 Å². The molecule has 1 aromatic heterocycles. The van der Waals surface area contributed by atoms with Gasteiger partial charge in [-0.15, -0.1) is 0 Å². The maximum Gasteiger partial charge on any atom is 0.355 e. The number of methoxy groups -OCH3 is 1. The van der Waals surface area contributed by atoms with E-state index in [2.05, 4.69) is 0 Å². The number of imidazole rings is 1. The highest BCUT2D eigenvalue weighted by atomic mass is 35.5. The fraction of sp³-hybridized carbons (Fsp3) is 0.304. The molecule has 1 aliphatic heterocycles. The molecule has 0 aliphatic carbocycles. The lowest BCUT2D eigenvalue weighted by Gasteiger charge is -2.15. The number of aromatic carboxylic acids is 1. The van der Waals surface area contributed by atoms with Gasteiger partial charge < -0.3 is 23.9 Å². The molecule has 7 nitrogen and oxygen atoms in total. The highest BCUT2D eigenvalue weighted by Gasteiger charge is 2.27. The number of nitrogens with zero attached hydrogens (tertiary/aromatic N) is 2. The number of benzene rings is 2. The third kappa shape index (κ3) is 4.38. The first-order chi connectivity index (χ1) is 15.4. The second kappa shape index (κ2) is 9.34. The van der Waals surface area contributed by atoms with Gasteiger partial charge in [0.1, 0.15) is 16.6 Å². The van der Waals surface area contributed by atoms with Crippen LogP contribution in [0.2, 0.25) is 5.02 Å². The summed E-state index contributed by atoms with van der Waals surface area (Å²) in [4.78, 5) is 18.0. The first-order valence-corrected chi connectivity index (χ1v) is 11.3. The lowest BCUT2D eigenvalue weighted by molar-refractivity contribution is 0.0681. The molecular formula is C23H23ClN2O5S. The normalized spacial score (nSPS) is 13.2. The van der Waals surface area contributed by atoms with Crippen LogP contribution >= 0.6 is 23.4 Å². The summed E-state index contributed by atoms with van der Waals surface area (Å²) in [7, 11) is 1.60. The standard InChI is InChI=1S/C23H23ClN2O5S/c1-4-13(2)21-25-22(32-16-7-5-15(29-3)6-8-16)20(23(27)28)26(21)11-14-9-18-19(10-17(14)24)31-12-30-18/h5-10,13H,4,11-12H2,1-3H3,(H,27,28). The molecule has 1 N–H and O–H groups in total. The molecule has 0 saturated heterocycles. The summed E-state index contributed by atoms with van der Waals surface area (Å²) < 4.78 is 17.8. The number of rotatable bonds is 8. The van der Waals surface area contributed by atoms with Gasteiger partial charge in [-0.1, -0.05) is 37.2 Å². The third-order valence-electron chi connectivity index (χ3n) is 5.36. The van der Waals surface area contributed by atoms with Gasteiger partial charge in [0.2, 0.25) is 6.79 Å². The zero-order valence-corrected chi connectivity index (χ0v) is 19.5. The number of hydrogen-bond acceptors (Lipinski definition) is 6. The molecule has 1 unspecified atom stereocenters. The Morgan fingerprint density at radius 1 is 1.28 bits per heavy atom. The highest BCUT2D eigenvalue weighted by Crippen LogP contribution is 2.39. The van der Waals surface area contributed by atoms with Crippen LogP contribution in [0.25, 0.3) is 0 Å². The van der Waals surface area contributed by atoms with Crippen molar-refractivity contribution in [2.24, 2.45) is 0 Å². The van der Waals surface area contributed by atoms with Crippen LogP contribution in [0.1, 0.15) is 48.1 Å². The van der Waals surface area contributed by atoms with Gasteiger partial charge in [0.15, 0.2) is 17.2 Å². The summed E-state index contributed by atoms with van der Waals surface area (Å²) >= 11 is 7.80. The summed E-state index contributed by atoms with van der Waals surface area (Å²) in [6, 6.07) is 10.9. The van der Waals surface area contributed by atoms with Crippen LogP contribution in [0, 0.1) is 0 Å². The van der Waals surface area contributed by atoms with E-state index in [1.807, 2.05) is 38.1 Å². The minimum Gasteiger partial charge on any atom is -0.497 e. The van der Waals surface area contributed by atoms with Gasteiger partial charge in [-0.05, 0) is 42.3 Å². The van der Waals surface area contributed by atoms with E-state index in [0.29, 0.717) is 27.4 Å². The van der Waals surface area contributed by atoms with E-state index in [9.17, 15) is 9.90 Å². The molecule has 9 heteroatoms. The Labute approximate surface area is 195 Å². The number of carboxylic acid groups (broad SMARTS) is 1. The second-order valence-corrected chi connectivity index (χ2v) is 8.87. The summed E-state index contributed by atoms with van der Waals surface area (Å²) in [6.07, 6.45) is 0.817. The zero-order chi connectivity index (χ0) is 22.8. The van der Waals surface area contributed by atoms with E-state index in [1.165, 1.54) is 11.8 Å². The average Bonchev–Trinajstić information content (AvgIpc) is 3.38. The van der Waals surface area contributed by atoms with Crippen LogP contribution < -0.4 is 14.2 Å². The molecule has 2 heterocycles. The summed E-state index contributed by atoms with van der Waals surface area (Å²) in [5, 5.41) is 11.0. The lowest BCUT2D eigenvalue weighted by Crippen LogP contribution is -2.14. The van der Waals surface area contributed by atoms with Crippen molar-refractivity contribution >= 4 is 29.3 Å². The molecule has 0 fully saturated rings. The fourth-order valence-corrected chi connectivity index (χ4v) is 4.59. The van der Waals surface area contributed by atoms with Gasteiger partial charge in [0.05, 0.1) is 13.7 Å². The molecule has 0 amide bonds. The topological polar surface area (TPSA) is 82.8 Å². The molecular weight excluding hydrogens is 452 g/mol. The highest BCUT2D eigenvalue weighted by molar-refractivity contribution is 7.99. The van der Waals surface area contributed by atoms with Crippen molar-refractivity contribution in [3.63, 3.8) is 0 Å². The SMILES string of the molecule is CCC(C)c1nc(Sc2ccc(OC)cc2)c(C(=O)O)n1Cc1cc2c(cc1Cl)OCO2. The van der Waals surface area contributed by atoms with E-state index >= 15 is 0 Å². The van der Waals surface area contributed by atoms with Gasteiger partial charge in [0.25, 0.3) is 0 Å². The smallest absolute Gasteiger partial charge is 0.355 e. The molecule has 3 aromatic rings. The van der Waals surface area contributed by atoms with Gasteiger partial charge in [-0.3, -0.25) is 0 Å². The predicted molar refractivity (Wildman–Crippen MR) is 122 cm³/mol. The first kappa shape index (κ1) is 22.4. The van der Waals surface area contributed by atoms with E-state index in [0.717, 1.165) is 22.6 Å². The Morgan fingerprint density at radius 3 is 2.59 bits per heavy atom. The molecule has 2 aromatic carbocycles. The van der Waals surface area contributed by atoms with E-state index in [-0.39, 0.29) is 24.9 Å². The Balaban J connectivity index is 1.77. The lowest BCUT2D eigenvalue weighted by atomic mass is 10.1. The van der Waals surface area contributed by atoms with Crippen LogP contribution in [0.15, 0.2) is 46.3 Å². The molecule has 168 valence electrons. The summed E-state index contributed by atoms with van der Waals surface area (Å²) in [6.45, 7) is 4.48. The second-order valence-electron chi connectivity index (χ2n) is 7.40. The van der Waals surface area contributed by atoms with Crippen molar-refractivity contribution in [3.8, 4) is 17.2 Å². The summed E-state index contributed by atoms with van der Waals surface area (Å²) in [5.41, 5.74) is 0.871. The van der Waals surface area contributed by atoms with Crippen LogP contribution in [0.4, 0.5) is 0 Å². The first-order valence-electron chi connectivity index (χ1n) is 10.1. The predicted octanol–water partition coefficient (Wildman–Crippen LogP) is 5.69. The monoisotopic (exact) mass is 474 g/mol. The Bertz CT molecular complexity index is 1150. The van der Waals surface area contributed by atoms with Gasteiger partial charge in [-0.2, -0.15) is 0 Å². The Morgan fingerprint density at radius 2 is 1.97 bits per heavy atom. The van der Waals surface area contributed by atoms with Crippen molar-refractivity contribution in [2.75, 3.05) is 13.9 Å². The molecule has 0 radical (unpaired) electrons. The Kier molecular flexibility index (Phi) is 6.53. The molecule has 1 atom stereocenters. The molecule has 0 bridgehead atoms. The zero-order valence-electron chi connectivity index (χ0n) is 17.9. The van der Waals surface area contributed by atoms with Crippen LogP contribution in [-0.2, 0) is 6.54 Å². The molecule has 0 spiro atoms. The van der Waals surface area contributed by atoms with Crippen molar-refractivity contribution in [3.05, 3.63) is 58.5 Å². The number of fused-ring (bicyclic) bond motifs is 1.